The molecule has 3 aromatic rings. The van der Waals surface area contributed by atoms with E-state index in [-0.39, 0.29) is 0 Å². The highest BCUT2D eigenvalue weighted by molar-refractivity contribution is 7.15. The molecule has 4 nitrogen and oxygen atoms in total. The van der Waals surface area contributed by atoms with Gasteiger partial charge in [0, 0.05) is 23.2 Å². The molecule has 0 bridgehead atoms. The van der Waals surface area contributed by atoms with Gasteiger partial charge in [-0.2, -0.15) is 13.2 Å². The van der Waals surface area contributed by atoms with Gasteiger partial charge in [-0.25, -0.2) is 15.0 Å². The molecule has 1 aromatic carbocycles. The molecular weight excluding hydrogens is 457 g/mol. The van der Waals surface area contributed by atoms with Gasteiger partial charge < -0.3 is 4.90 Å². The molecule has 5 rings (SSSR count). The standard InChI is InChI=1S/C26H28F3N4S/c1-33-12-10-18(11-13-33)25-32-22(19-8-5-9-20(14-19)26(27,28)29)24(34-25)23-21(15-30-16-31-23)17-6-3-2-4-7-17/h5,8-9,14-15,17-18H,2-4,6-7,10-13H2,1H3. The summed E-state index contributed by atoms with van der Waals surface area (Å²) in [6.45, 7) is 1.99. The summed E-state index contributed by atoms with van der Waals surface area (Å²) in [4.78, 5) is 16.9. The first-order valence-electron chi connectivity index (χ1n) is 12.0. The molecule has 1 radical (unpaired) electrons. The van der Waals surface area contributed by atoms with Crippen LogP contribution in [0.5, 0.6) is 0 Å². The van der Waals surface area contributed by atoms with Crippen molar-refractivity contribution in [3.63, 3.8) is 0 Å². The molecule has 8 heteroatoms. The summed E-state index contributed by atoms with van der Waals surface area (Å²) < 4.78 is 40.5. The molecule has 0 atom stereocenters. The summed E-state index contributed by atoms with van der Waals surface area (Å²) in [6, 6.07) is 5.50. The zero-order valence-electron chi connectivity index (χ0n) is 19.2. The van der Waals surface area contributed by atoms with Gasteiger partial charge in [0.15, 0.2) is 6.33 Å². The molecule has 0 spiro atoms. The third-order valence-corrected chi connectivity index (χ3v) is 8.36. The summed E-state index contributed by atoms with van der Waals surface area (Å²) in [5.74, 6) is 0.671. The van der Waals surface area contributed by atoms with Gasteiger partial charge in [-0.1, -0.05) is 31.4 Å². The molecular formula is C26H28F3N4S. The average Bonchev–Trinajstić information content (AvgIpc) is 3.30. The van der Waals surface area contributed by atoms with Crippen LogP contribution in [-0.2, 0) is 6.18 Å². The number of aromatic nitrogens is 3. The third-order valence-electron chi connectivity index (χ3n) is 7.13. The minimum Gasteiger partial charge on any atom is -0.306 e. The van der Waals surface area contributed by atoms with Crippen LogP contribution in [-0.4, -0.2) is 40.0 Å². The van der Waals surface area contributed by atoms with Crippen molar-refractivity contribution in [2.24, 2.45) is 0 Å². The van der Waals surface area contributed by atoms with Gasteiger partial charge in [0.2, 0.25) is 0 Å². The van der Waals surface area contributed by atoms with Crippen molar-refractivity contribution < 1.29 is 13.2 Å². The van der Waals surface area contributed by atoms with Crippen LogP contribution in [0, 0.1) is 6.33 Å². The molecule has 2 fully saturated rings. The maximum absolute atomic E-state index is 13.5. The lowest BCUT2D eigenvalue weighted by molar-refractivity contribution is -0.137. The molecule has 0 N–H and O–H groups in total. The van der Waals surface area contributed by atoms with Crippen LogP contribution >= 0.6 is 11.3 Å². The highest BCUT2D eigenvalue weighted by Crippen LogP contribution is 2.45. The number of thiazole rings is 1. The molecule has 1 saturated heterocycles. The maximum Gasteiger partial charge on any atom is 0.416 e. The topological polar surface area (TPSA) is 41.9 Å². The first-order valence-corrected chi connectivity index (χ1v) is 12.8. The van der Waals surface area contributed by atoms with E-state index in [1.807, 2.05) is 6.20 Å². The number of halogens is 3. The summed E-state index contributed by atoms with van der Waals surface area (Å²) in [5, 5.41) is 0.990. The third kappa shape index (κ3) is 4.89. The van der Waals surface area contributed by atoms with Gasteiger partial charge in [0.1, 0.15) is 0 Å². The second kappa shape index (κ2) is 9.74. The predicted molar refractivity (Wildman–Crippen MR) is 128 cm³/mol. The monoisotopic (exact) mass is 485 g/mol. The molecule has 34 heavy (non-hydrogen) atoms. The van der Waals surface area contributed by atoms with Gasteiger partial charge in [-0.15, -0.1) is 11.3 Å². The molecule has 1 aliphatic carbocycles. The largest absolute Gasteiger partial charge is 0.416 e. The maximum atomic E-state index is 13.5. The number of likely N-dealkylation sites (tertiary alicyclic amines) is 1. The molecule has 2 aromatic heterocycles. The van der Waals surface area contributed by atoms with Crippen molar-refractivity contribution >= 4 is 11.3 Å². The van der Waals surface area contributed by atoms with Gasteiger partial charge >= 0.3 is 6.18 Å². The van der Waals surface area contributed by atoms with Gasteiger partial charge in [0.25, 0.3) is 0 Å². The van der Waals surface area contributed by atoms with Crippen LogP contribution in [0.15, 0.2) is 30.5 Å². The Kier molecular flexibility index (Phi) is 6.71. The number of hydrogen-bond acceptors (Lipinski definition) is 5. The van der Waals surface area contributed by atoms with E-state index in [0.29, 0.717) is 23.1 Å². The smallest absolute Gasteiger partial charge is 0.306 e. The second-order valence-corrected chi connectivity index (χ2v) is 10.5. The van der Waals surface area contributed by atoms with Crippen LogP contribution < -0.4 is 0 Å². The van der Waals surface area contributed by atoms with Crippen LogP contribution in [0.3, 0.4) is 0 Å². The fourth-order valence-corrected chi connectivity index (χ4v) is 6.43. The lowest BCUT2D eigenvalue weighted by Crippen LogP contribution is -2.29. The fourth-order valence-electron chi connectivity index (χ4n) is 5.16. The first-order chi connectivity index (χ1) is 16.4. The Labute approximate surface area is 202 Å². The molecule has 1 aliphatic heterocycles. The van der Waals surface area contributed by atoms with Crippen molar-refractivity contribution in [1.29, 1.82) is 0 Å². The zero-order valence-corrected chi connectivity index (χ0v) is 20.1. The van der Waals surface area contributed by atoms with E-state index in [1.165, 1.54) is 31.4 Å². The Morgan fingerprint density at radius 3 is 2.50 bits per heavy atom. The molecule has 2 aliphatic rings. The lowest BCUT2D eigenvalue weighted by Gasteiger charge is -2.27. The van der Waals surface area contributed by atoms with Crippen LogP contribution in [0.25, 0.3) is 21.8 Å². The number of piperidine rings is 1. The van der Waals surface area contributed by atoms with Crippen molar-refractivity contribution in [2.75, 3.05) is 20.1 Å². The first kappa shape index (κ1) is 23.4. The van der Waals surface area contributed by atoms with E-state index in [0.717, 1.165) is 66.0 Å². The van der Waals surface area contributed by atoms with Gasteiger partial charge in [-0.3, -0.25) is 0 Å². The Hall–Kier alpha value is -2.32. The summed E-state index contributed by atoms with van der Waals surface area (Å²) in [6.07, 6.45) is 7.93. The zero-order chi connectivity index (χ0) is 23.7. The second-order valence-electron chi connectivity index (χ2n) is 9.49. The summed E-state index contributed by atoms with van der Waals surface area (Å²) in [7, 11) is 2.12. The Morgan fingerprint density at radius 1 is 1.00 bits per heavy atom. The minimum atomic E-state index is -4.40. The van der Waals surface area contributed by atoms with Gasteiger partial charge in [-0.05, 0) is 63.9 Å². The molecule has 0 unspecified atom stereocenters. The highest BCUT2D eigenvalue weighted by Gasteiger charge is 2.32. The number of nitrogens with zero attached hydrogens (tertiary/aromatic N) is 4. The molecule has 179 valence electrons. The Morgan fingerprint density at radius 2 is 1.76 bits per heavy atom. The molecule has 1 saturated carbocycles. The van der Waals surface area contributed by atoms with Crippen molar-refractivity contribution in [1.82, 2.24) is 19.9 Å². The van der Waals surface area contributed by atoms with Gasteiger partial charge in [0.05, 0.1) is 26.8 Å². The van der Waals surface area contributed by atoms with Crippen LogP contribution in [0.4, 0.5) is 13.2 Å². The number of hydrogen-bond donors (Lipinski definition) is 0. The molecule has 0 amide bonds. The number of alkyl halides is 3. The SMILES string of the molecule is CN1CCC(c2nc(-c3cccc(C(F)(F)F)c3)c(-c3n[c]ncc3C3CCCCC3)s2)CC1. The van der Waals surface area contributed by atoms with Crippen LogP contribution in [0.1, 0.15) is 72.9 Å². The van der Waals surface area contributed by atoms with Crippen LogP contribution in [0.2, 0.25) is 0 Å². The van der Waals surface area contributed by atoms with E-state index >= 15 is 0 Å². The quantitative estimate of drug-likeness (QED) is 0.401. The Balaban J connectivity index is 1.62. The van der Waals surface area contributed by atoms with E-state index in [4.69, 9.17) is 4.98 Å². The van der Waals surface area contributed by atoms with Crippen molar-refractivity contribution in [3.05, 3.63) is 52.9 Å². The number of benzene rings is 1. The van der Waals surface area contributed by atoms with Crippen molar-refractivity contribution in [3.8, 4) is 21.8 Å². The summed E-state index contributed by atoms with van der Waals surface area (Å²) in [5.41, 5.74) is 2.27. The van der Waals surface area contributed by atoms with E-state index < -0.39 is 11.7 Å². The summed E-state index contributed by atoms with van der Waals surface area (Å²) >= 11 is 1.59. The van der Waals surface area contributed by atoms with E-state index in [1.54, 1.807) is 17.4 Å². The Bertz CT molecular complexity index is 1130. The highest BCUT2D eigenvalue weighted by atomic mass is 32.1. The number of rotatable bonds is 4. The van der Waals surface area contributed by atoms with Crippen molar-refractivity contribution in [2.45, 2.75) is 63.0 Å². The van der Waals surface area contributed by atoms with E-state index in [9.17, 15) is 13.2 Å². The lowest BCUT2D eigenvalue weighted by atomic mass is 9.83. The minimum absolute atomic E-state index is 0.309. The normalized spacial score (nSPS) is 18.9. The fraction of sp³-hybridized carbons (Fsp3) is 0.500. The molecule has 3 heterocycles. The van der Waals surface area contributed by atoms with E-state index in [2.05, 4.69) is 28.2 Å². The predicted octanol–water partition coefficient (Wildman–Crippen LogP) is 6.94. The average molecular weight is 486 g/mol.